The van der Waals surface area contributed by atoms with Crippen LogP contribution in [0.2, 0.25) is 5.02 Å². The summed E-state index contributed by atoms with van der Waals surface area (Å²) in [5.74, 6) is 0.136. The van der Waals surface area contributed by atoms with Gasteiger partial charge in [-0.1, -0.05) is 29.9 Å². The number of carbonyl (C=O) groups excluding carboxylic acids is 2. The number of nitrogens with zero attached hydrogens (tertiary/aromatic N) is 2. The molecule has 156 valence electrons. The molecule has 0 aliphatic rings. The van der Waals surface area contributed by atoms with E-state index in [1.165, 1.54) is 0 Å². The predicted molar refractivity (Wildman–Crippen MR) is 117 cm³/mol. The lowest BCUT2D eigenvalue weighted by atomic mass is 10.1. The Morgan fingerprint density at radius 1 is 1.07 bits per heavy atom. The van der Waals surface area contributed by atoms with Crippen molar-refractivity contribution in [3.63, 3.8) is 0 Å². The van der Waals surface area contributed by atoms with Gasteiger partial charge in [-0.2, -0.15) is 0 Å². The summed E-state index contributed by atoms with van der Waals surface area (Å²) in [6.07, 6.45) is 0.856. The van der Waals surface area contributed by atoms with Crippen molar-refractivity contribution < 1.29 is 14.3 Å². The Kier molecular flexibility index (Phi) is 7.37. The van der Waals surface area contributed by atoms with Crippen LogP contribution < -0.4 is 15.4 Å². The van der Waals surface area contributed by atoms with Crippen LogP contribution in [-0.2, 0) is 6.61 Å². The maximum Gasteiger partial charge on any atom is 0.286 e. The van der Waals surface area contributed by atoms with Gasteiger partial charge in [-0.15, -0.1) is 10.2 Å². The molecule has 2 N–H and O–H groups in total. The summed E-state index contributed by atoms with van der Waals surface area (Å²) in [6, 6.07) is 13.8. The van der Waals surface area contributed by atoms with Crippen molar-refractivity contribution in [3.8, 4) is 5.75 Å². The van der Waals surface area contributed by atoms with E-state index in [4.69, 9.17) is 16.3 Å². The van der Waals surface area contributed by atoms with Gasteiger partial charge in [0.25, 0.3) is 11.8 Å². The summed E-state index contributed by atoms with van der Waals surface area (Å²) in [4.78, 5) is 24.5. The lowest BCUT2D eigenvalue weighted by Gasteiger charge is -2.11. The SMILES string of the molecule is CC[C@@H](C)NC(=O)c1ccc(NC(=O)c2nnc(COc3ccc(Cl)cc3)s2)cc1. The number of benzene rings is 2. The van der Waals surface area contributed by atoms with E-state index >= 15 is 0 Å². The van der Waals surface area contributed by atoms with E-state index in [2.05, 4.69) is 20.8 Å². The summed E-state index contributed by atoms with van der Waals surface area (Å²) >= 11 is 6.99. The van der Waals surface area contributed by atoms with Crippen LogP contribution in [0.5, 0.6) is 5.75 Å². The van der Waals surface area contributed by atoms with Crippen molar-refractivity contribution >= 4 is 40.4 Å². The Bertz CT molecular complexity index is 1010. The molecule has 0 saturated heterocycles. The van der Waals surface area contributed by atoms with Gasteiger partial charge in [-0.05, 0) is 61.9 Å². The van der Waals surface area contributed by atoms with Crippen LogP contribution in [-0.4, -0.2) is 28.1 Å². The minimum absolute atomic E-state index is 0.104. The van der Waals surface area contributed by atoms with Crippen molar-refractivity contribution in [2.24, 2.45) is 0 Å². The molecule has 7 nitrogen and oxygen atoms in total. The Morgan fingerprint density at radius 2 is 1.77 bits per heavy atom. The molecule has 0 aliphatic heterocycles. The minimum Gasteiger partial charge on any atom is -0.486 e. The number of ether oxygens (including phenoxy) is 1. The van der Waals surface area contributed by atoms with Crippen LogP contribution in [0.25, 0.3) is 0 Å². The van der Waals surface area contributed by atoms with Gasteiger partial charge in [-0.25, -0.2) is 0 Å². The molecule has 30 heavy (non-hydrogen) atoms. The van der Waals surface area contributed by atoms with E-state index in [0.29, 0.717) is 27.0 Å². The second-order valence-electron chi connectivity index (χ2n) is 6.56. The number of halogens is 1. The van der Waals surface area contributed by atoms with Gasteiger partial charge in [0.1, 0.15) is 12.4 Å². The van der Waals surface area contributed by atoms with Crippen molar-refractivity contribution in [1.29, 1.82) is 0 Å². The predicted octanol–water partition coefficient (Wildman–Crippen LogP) is 4.55. The average Bonchev–Trinajstić information content (AvgIpc) is 3.23. The summed E-state index contributed by atoms with van der Waals surface area (Å²) in [6.45, 7) is 4.15. The second-order valence-corrected chi connectivity index (χ2v) is 8.06. The minimum atomic E-state index is -0.373. The molecule has 3 aromatic rings. The number of hydrogen-bond donors (Lipinski definition) is 2. The molecule has 0 unspecified atom stereocenters. The summed E-state index contributed by atoms with van der Waals surface area (Å²) < 4.78 is 5.61. The molecule has 0 fully saturated rings. The lowest BCUT2D eigenvalue weighted by Crippen LogP contribution is -2.31. The standard InChI is InChI=1S/C21H21ClN4O3S/c1-3-13(2)23-19(27)14-4-8-16(9-5-14)24-20(28)21-26-25-18(30-21)12-29-17-10-6-15(22)7-11-17/h4-11,13H,3,12H2,1-2H3,(H,23,27)(H,24,28)/t13-/m1/s1. The topological polar surface area (TPSA) is 93.2 Å². The third-order valence-electron chi connectivity index (χ3n) is 4.23. The first-order chi connectivity index (χ1) is 14.4. The highest BCUT2D eigenvalue weighted by molar-refractivity contribution is 7.13. The zero-order chi connectivity index (χ0) is 21.5. The Hall–Kier alpha value is -2.97. The number of carbonyl (C=O) groups is 2. The number of hydrogen-bond acceptors (Lipinski definition) is 6. The molecular weight excluding hydrogens is 424 g/mol. The summed E-state index contributed by atoms with van der Waals surface area (Å²) in [5.41, 5.74) is 1.10. The van der Waals surface area contributed by atoms with E-state index in [1.54, 1.807) is 48.5 Å². The van der Waals surface area contributed by atoms with Gasteiger partial charge < -0.3 is 15.4 Å². The highest BCUT2D eigenvalue weighted by Crippen LogP contribution is 2.19. The van der Waals surface area contributed by atoms with Crippen molar-refractivity contribution in [2.75, 3.05) is 5.32 Å². The molecule has 0 radical (unpaired) electrons. The molecule has 0 spiro atoms. The van der Waals surface area contributed by atoms with E-state index < -0.39 is 0 Å². The number of nitrogens with one attached hydrogen (secondary N) is 2. The maximum absolute atomic E-state index is 12.4. The average molecular weight is 445 g/mol. The van der Waals surface area contributed by atoms with Crippen LogP contribution in [0.1, 0.15) is 45.4 Å². The van der Waals surface area contributed by atoms with Gasteiger partial charge >= 0.3 is 0 Å². The number of amides is 2. The van der Waals surface area contributed by atoms with E-state index in [-0.39, 0.29) is 29.5 Å². The van der Waals surface area contributed by atoms with Gasteiger partial charge in [0.15, 0.2) is 5.01 Å². The fraction of sp³-hybridized carbons (Fsp3) is 0.238. The van der Waals surface area contributed by atoms with E-state index in [0.717, 1.165) is 17.8 Å². The van der Waals surface area contributed by atoms with Crippen LogP contribution in [0.15, 0.2) is 48.5 Å². The number of rotatable bonds is 8. The zero-order valence-electron chi connectivity index (χ0n) is 16.5. The van der Waals surface area contributed by atoms with Gasteiger partial charge in [0.2, 0.25) is 5.01 Å². The smallest absolute Gasteiger partial charge is 0.286 e. The monoisotopic (exact) mass is 444 g/mol. The highest BCUT2D eigenvalue weighted by Gasteiger charge is 2.14. The second kappa shape index (κ2) is 10.2. The third kappa shape index (κ3) is 6.01. The molecule has 0 bridgehead atoms. The fourth-order valence-electron chi connectivity index (χ4n) is 2.38. The zero-order valence-corrected chi connectivity index (χ0v) is 18.1. The first-order valence-corrected chi connectivity index (χ1v) is 10.6. The van der Waals surface area contributed by atoms with Gasteiger partial charge in [-0.3, -0.25) is 9.59 Å². The van der Waals surface area contributed by atoms with Crippen LogP contribution in [0.3, 0.4) is 0 Å². The van der Waals surface area contributed by atoms with Crippen LogP contribution in [0.4, 0.5) is 5.69 Å². The first-order valence-electron chi connectivity index (χ1n) is 9.37. The molecule has 1 heterocycles. The Balaban J connectivity index is 1.54. The van der Waals surface area contributed by atoms with Gasteiger partial charge in [0.05, 0.1) is 0 Å². The number of aromatic nitrogens is 2. The molecular formula is C21H21ClN4O3S. The molecule has 9 heteroatoms. The molecule has 0 saturated carbocycles. The van der Waals surface area contributed by atoms with Crippen molar-refractivity contribution in [2.45, 2.75) is 32.9 Å². The summed E-state index contributed by atoms with van der Waals surface area (Å²) in [5, 5.41) is 15.0. The van der Waals surface area contributed by atoms with E-state index in [9.17, 15) is 9.59 Å². The van der Waals surface area contributed by atoms with Gasteiger partial charge in [0, 0.05) is 22.3 Å². The normalized spacial score (nSPS) is 11.6. The lowest BCUT2D eigenvalue weighted by molar-refractivity contribution is 0.0938. The molecule has 1 atom stereocenters. The first kappa shape index (κ1) is 21.7. The Labute approximate surface area is 183 Å². The quantitative estimate of drug-likeness (QED) is 0.531. The fourth-order valence-corrected chi connectivity index (χ4v) is 3.15. The Morgan fingerprint density at radius 3 is 2.43 bits per heavy atom. The van der Waals surface area contributed by atoms with E-state index in [1.807, 2.05) is 13.8 Å². The van der Waals surface area contributed by atoms with Crippen molar-refractivity contribution in [3.05, 3.63) is 69.1 Å². The third-order valence-corrected chi connectivity index (χ3v) is 5.38. The maximum atomic E-state index is 12.4. The summed E-state index contributed by atoms with van der Waals surface area (Å²) in [7, 11) is 0. The molecule has 2 aromatic carbocycles. The van der Waals surface area contributed by atoms with Crippen LogP contribution in [0, 0.1) is 0 Å². The molecule has 2 amide bonds. The molecule has 3 rings (SSSR count). The number of anilines is 1. The molecule has 0 aliphatic carbocycles. The largest absolute Gasteiger partial charge is 0.486 e. The molecule has 1 aromatic heterocycles. The van der Waals surface area contributed by atoms with Crippen LogP contribution >= 0.6 is 22.9 Å². The van der Waals surface area contributed by atoms with Crippen molar-refractivity contribution in [1.82, 2.24) is 15.5 Å². The highest BCUT2D eigenvalue weighted by atomic mass is 35.5.